The van der Waals surface area contributed by atoms with E-state index in [1.807, 2.05) is 29.2 Å². The number of ether oxygens (including phenoxy) is 1. The second-order valence-electron chi connectivity index (χ2n) is 6.02. The lowest BCUT2D eigenvalue weighted by Gasteiger charge is -2.36. The number of amidine groups is 1. The summed E-state index contributed by atoms with van der Waals surface area (Å²) in [6.07, 6.45) is -0.556. The average Bonchev–Trinajstić information content (AvgIpc) is 3.19. The highest BCUT2D eigenvalue weighted by molar-refractivity contribution is 8.13. The second kappa shape index (κ2) is 6.61. The Labute approximate surface area is 153 Å². The first kappa shape index (κ1) is 16.9. The topological polar surface area (TPSA) is 103 Å². The van der Waals surface area contributed by atoms with E-state index in [0.29, 0.717) is 23.5 Å². The zero-order valence-electron chi connectivity index (χ0n) is 14.3. The summed E-state index contributed by atoms with van der Waals surface area (Å²) in [5.41, 5.74) is 1.79. The van der Waals surface area contributed by atoms with E-state index in [1.54, 1.807) is 14.2 Å². The lowest BCUT2D eigenvalue weighted by molar-refractivity contribution is -0.127. The molecule has 1 aromatic heterocycles. The molecule has 3 heterocycles. The van der Waals surface area contributed by atoms with Crippen LogP contribution in [0.3, 0.4) is 0 Å². The molecular formula is C16H18N6O3S. The fraction of sp³-hybridized carbons (Fsp3) is 0.375. The zero-order chi connectivity index (χ0) is 18.3. The van der Waals surface area contributed by atoms with Crippen LogP contribution in [0.25, 0.3) is 11.0 Å². The van der Waals surface area contributed by atoms with E-state index < -0.39 is 18.2 Å². The predicted octanol–water partition coefficient (Wildman–Crippen LogP) is 0.849. The molecule has 1 fully saturated rings. The number of imidazole rings is 1. The lowest BCUT2D eigenvalue weighted by Crippen LogP contribution is -2.63. The van der Waals surface area contributed by atoms with Gasteiger partial charge in [-0.2, -0.15) is 0 Å². The van der Waals surface area contributed by atoms with Gasteiger partial charge in [-0.1, -0.05) is 12.1 Å². The standard InChI is InChI=1S/C16H18N6O3S/c1-21-12-11(13(23)20-15(21)24)22(7-8-25-2)16(19-12)26-14-17-9-5-3-4-6-10(9)18-14/h3-6,11-12H,7-8H2,1-2H3,(H,17,18)(H,20,23,24). The number of thioether (sulfide) groups is 1. The normalized spacial score (nSPS) is 22.6. The molecule has 2 aromatic rings. The molecule has 136 valence electrons. The molecule has 2 aliphatic rings. The number of H-pyrrole nitrogens is 1. The predicted molar refractivity (Wildman–Crippen MR) is 96.8 cm³/mol. The fourth-order valence-corrected chi connectivity index (χ4v) is 4.04. The van der Waals surface area contributed by atoms with Crippen molar-refractivity contribution in [3.63, 3.8) is 0 Å². The highest BCUT2D eigenvalue weighted by atomic mass is 32.2. The van der Waals surface area contributed by atoms with Crippen molar-refractivity contribution in [1.29, 1.82) is 0 Å². The van der Waals surface area contributed by atoms with Gasteiger partial charge < -0.3 is 19.5 Å². The molecule has 2 unspecified atom stereocenters. The van der Waals surface area contributed by atoms with Gasteiger partial charge in [-0.3, -0.25) is 10.1 Å². The Kier molecular flexibility index (Phi) is 4.29. The third-order valence-corrected chi connectivity index (χ3v) is 5.32. The summed E-state index contributed by atoms with van der Waals surface area (Å²) in [5, 5.41) is 3.69. The van der Waals surface area contributed by atoms with Gasteiger partial charge in [-0.15, -0.1) is 0 Å². The van der Waals surface area contributed by atoms with Crippen LogP contribution in [0.1, 0.15) is 0 Å². The fourth-order valence-electron chi connectivity index (χ4n) is 3.07. The molecule has 0 spiro atoms. The van der Waals surface area contributed by atoms with E-state index in [0.717, 1.165) is 11.0 Å². The smallest absolute Gasteiger partial charge is 0.325 e. The molecule has 10 heteroatoms. The Balaban J connectivity index is 1.65. The van der Waals surface area contributed by atoms with Crippen LogP contribution in [-0.4, -0.2) is 76.4 Å². The molecule has 0 radical (unpaired) electrons. The molecule has 2 aliphatic heterocycles. The van der Waals surface area contributed by atoms with Crippen LogP contribution in [0.15, 0.2) is 34.4 Å². The van der Waals surface area contributed by atoms with Crippen LogP contribution in [0, 0.1) is 0 Å². The maximum Gasteiger partial charge on any atom is 0.325 e. The number of aliphatic imine (C=N–C) groups is 1. The number of aromatic amines is 1. The van der Waals surface area contributed by atoms with E-state index in [1.165, 1.54) is 16.7 Å². The van der Waals surface area contributed by atoms with Gasteiger partial charge in [-0.25, -0.2) is 14.8 Å². The average molecular weight is 374 g/mol. The number of amides is 3. The number of benzene rings is 1. The summed E-state index contributed by atoms with van der Waals surface area (Å²) in [6, 6.07) is 6.72. The minimum Gasteiger partial charge on any atom is -0.383 e. The van der Waals surface area contributed by atoms with Crippen LogP contribution < -0.4 is 5.32 Å². The Morgan fingerprint density at radius 1 is 1.31 bits per heavy atom. The van der Waals surface area contributed by atoms with Gasteiger partial charge in [-0.05, 0) is 23.9 Å². The number of nitrogens with one attached hydrogen (secondary N) is 2. The molecule has 1 aromatic carbocycles. The summed E-state index contributed by atoms with van der Waals surface area (Å²) in [7, 11) is 3.24. The zero-order valence-corrected chi connectivity index (χ0v) is 15.1. The van der Waals surface area contributed by atoms with E-state index >= 15 is 0 Å². The van der Waals surface area contributed by atoms with Crippen LogP contribution >= 0.6 is 11.8 Å². The van der Waals surface area contributed by atoms with Gasteiger partial charge >= 0.3 is 6.03 Å². The van der Waals surface area contributed by atoms with Crippen LogP contribution in [0.5, 0.6) is 0 Å². The molecule has 0 saturated carbocycles. The van der Waals surface area contributed by atoms with E-state index in [9.17, 15) is 9.59 Å². The summed E-state index contributed by atoms with van der Waals surface area (Å²) >= 11 is 1.34. The number of hydrogen-bond acceptors (Lipinski definition) is 7. The van der Waals surface area contributed by atoms with Crippen molar-refractivity contribution < 1.29 is 14.3 Å². The lowest BCUT2D eigenvalue weighted by atomic mass is 10.1. The Hall–Kier alpha value is -2.59. The molecule has 0 aliphatic carbocycles. The Morgan fingerprint density at radius 3 is 2.88 bits per heavy atom. The SMILES string of the molecule is COCCN1C(Sc2nc3ccccc3[nH]2)=NC2C1C(=O)NC(=O)N2C. The summed E-state index contributed by atoms with van der Waals surface area (Å²) < 4.78 is 5.17. The Bertz CT molecular complexity index is 864. The number of methoxy groups -OCH3 is 1. The van der Waals surface area contributed by atoms with Gasteiger partial charge in [0.1, 0.15) is 0 Å². The number of carbonyl (C=O) groups excluding carboxylic acids is 2. The number of rotatable bonds is 4. The number of imide groups is 1. The van der Waals surface area contributed by atoms with Crippen molar-refractivity contribution in [3.05, 3.63) is 24.3 Å². The first-order valence-corrected chi connectivity index (χ1v) is 8.94. The number of aromatic nitrogens is 2. The van der Waals surface area contributed by atoms with E-state index in [-0.39, 0.29) is 5.91 Å². The maximum absolute atomic E-state index is 12.4. The number of urea groups is 1. The van der Waals surface area contributed by atoms with Crippen LogP contribution in [0.2, 0.25) is 0 Å². The van der Waals surface area contributed by atoms with Crippen molar-refractivity contribution in [3.8, 4) is 0 Å². The van der Waals surface area contributed by atoms with Crippen molar-refractivity contribution in [1.82, 2.24) is 25.1 Å². The first-order valence-electron chi connectivity index (χ1n) is 8.12. The van der Waals surface area contributed by atoms with Gasteiger partial charge in [0.2, 0.25) is 0 Å². The summed E-state index contributed by atoms with van der Waals surface area (Å²) in [4.78, 5) is 40.0. The van der Waals surface area contributed by atoms with Crippen molar-refractivity contribution in [2.75, 3.05) is 27.3 Å². The minimum absolute atomic E-state index is 0.349. The second-order valence-corrected chi connectivity index (χ2v) is 6.98. The number of nitrogens with zero attached hydrogens (tertiary/aromatic N) is 4. The molecule has 2 N–H and O–H groups in total. The number of fused-ring (bicyclic) bond motifs is 2. The largest absolute Gasteiger partial charge is 0.383 e. The maximum atomic E-state index is 12.4. The quantitative estimate of drug-likeness (QED) is 0.822. The summed E-state index contributed by atoms with van der Waals surface area (Å²) in [6.45, 7) is 0.924. The number of hydrogen-bond donors (Lipinski definition) is 2. The van der Waals surface area contributed by atoms with Gasteiger partial charge in [0.05, 0.1) is 17.6 Å². The van der Waals surface area contributed by atoms with Crippen molar-refractivity contribution >= 4 is 39.9 Å². The number of para-hydroxylation sites is 2. The third-order valence-electron chi connectivity index (χ3n) is 4.41. The van der Waals surface area contributed by atoms with E-state index in [2.05, 4.69) is 20.3 Å². The van der Waals surface area contributed by atoms with Crippen LogP contribution in [0.4, 0.5) is 4.79 Å². The molecule has 26 heavy (non-hydrogen) atoms. The molecule has 0 bridgehead atoms. The first-order chi connectivity index (χ1) is 12.6. The molecule has 4 rings (SSSR count). The van der Waals surface area contributed by atoms with Crippen molar-refractivity contribution in [2.24, 2.45) is 4.99 Å². The molecule has 3 amide bonds. The van der Waals surface area contributed by atoms with E-state index in [4.69, 9.17) is 4.74 Å². The van der Waals surface area contributed by atoms with Crippen LogP contribution in [-0.2, 0) is 9.53 Å². The van der Waals surface area contributed by atoms with Crippen molar-refractivity contribution in [2.45, 2.75) is 17.4 Å². The molecule has 2 atom stereocenters. The highest BCUT2D eigenvalue weighted by Gasteiger charge is 2.48. The molecule has 9 nitrogen and oxygen atoms in total. The molecule has 1 saturated heterocycles. The van der Waals surface area contributed by atoms with Gasteiger partial charge in [0.15, 0.2) is 22.5 Å². The third kappa shape index (κ3) is 2.80. The summed E-state index contributed by atoms with van der Waals surface area (Å²) in [5.74, 6) is -0.349. The number of likely N-dealkylation sites (N-methyl/N-ethyl adjacent to an activating group) is 1. The molecular weight excluding hydrogens is 356 g/mol. The number of carbonyl (C=O) groups is 2. The highest BCUT2D eigenvalue weighted by Crippen LogP contribution is 2.31. The minimum atomic E-state index is -0.570. The van der Waals surface area contributed by atoms with Gasteiger partial charge in [0, 0.05) is 20.7 Å². The van der Waals surface area contributed by atoms with Gasteiger partial charge in [0.25, 0.3) is 5.91 Å². The monoisotopic (exact) mass is 374 g/mol. The Morgan fingerprint density at radius 2 is 2.12 bits per heavy atom.